The van der Waals surface area contributed by atoms with Crippen LogP contribution in [0.4, 0.5) is 0 Å². The fourth-order valence-electron chi connectivity index (χ4n) is 0.136. The average molecular weight is 117 g/mol. The second-order valence-corrected chi connectivity index (χ2v) is 2.10. The number of hydrogen-bond donors (Lipinski definition) is 1. The Labute approximate surface area is 47.7 Å². The van der Waals surface area contributed by atoms with E-state index in [2.05, 4.69) is 4.40 Å². The van der Waals surface area contributed by atoms with Crippen LogP contribution in [0.15, 0.2) is 4.40 Å². The van der Waals surface area contributed by atoms with Gasteiger partial charge in [-0.25, -0.2) is 4.40 Å². The third kappa shape index (κ3) is 5.69. The number of nitrogens with two attached hydrogens (primary N) is 1. The van der Waals surface area contributed by atoms with Gasteiger partial charge < -0.3 is 0 Å². The Balaban J connectivity index is 3.14. The molecule has 0 aromatic heterocycles. The molecular weight excluding hydrogens is 108 g/mol. The van der Waals surface area contributed by atoms with E-state index < -0.39 is 0 Å². The first-order chi connectivity index (χ1) is 3.27. The molecule has 0 saturated carbocycles. The van der Waals surface area contributed by atoms with E-state index in [1.165, 1.54) is 11.9 Å². The van der Waals surface area contributed by atoms with Crippen LogP contribution in [0, 0.1) is 0 Å². The predicted molar refractivity (Wildman–Crippen MR) is 34.4 cm³/mol. The highest BCUT2D eigenvalue weighted by Crippen LogP contribution is 1.96. The Bertz CT molecular complexity index is 87.7. The van der Waals surface area contributed by atoms with Crippen LogP contribution in [-0.4, -0.2) is 11.3 Å². The van der Waals surface area contributed by atoms with Crippen LogP contribution in [0.5, 0.6) is 0 Å². The van der Waals surface area contributed by atoms with Gasteiger partial charge in [0, 0.05) is 13.1 Å². The van der Waals surface area contributed by atoms with Gasteiger partial charge >= 0.3 is 0 Å². The summed E-state index contributed by atoms with van der Waals surface area (Å²) in [5, 5.41) is 6.02. The number of rotatable bonds is 1. The summed E-state index contributed by atoms with van der Waals surface area (Å²) in [5.74, 6) is 0. The molecule has 0 heterocycles. The molecular formula is C4H9N2S+. The molecule has 2 N–H and O–H groups in total. The van der Waals surface area contributed by atoms with E-state index in [9.17, 15) is 0 Å². The summed E-state index contributed by atoms with van der Waals surface area (Å²) in [5.41, 5.74) is 0. The summed E-state index contributed by atoms with van der Waals surface area (Å²) < 4.78 is 3.80. The van der Waals surface area contributed by atoms with Crippen molar-refractivity contribution in [1.29, 1.82) is 0 Å². The highest BCUT2D eigenvalue weighted by molar-refractivity contribution is 8.12. The first-order valence-electron chi connectivity index (χ1n) is 2.01. The Morgan fingerprint density at radius 3 is 2.57 bits per heavy atom. The van der Waals surface area contributed by atoms with Gasteiger partial charge in [-0.05, 0) is 6.92 Å². The molecule has 2 nitrogen and oxygen atoms in total. The molecule has 0 rings (SSSR count). The van der Waals surface area contributed by atoms with Gasteiger partial charge in [-0.2, -0.15) is 0 Å². The third-order valence-corrected chi connectivity index (χ3v) is 0.906. The highest BCUT2D eigenvalue weighted by Gasteiger charge is 1.86. The first kappa shape index (κ1) is 6.69. The van der Waals surface area contributed by atoms with Gasteiger partial charge in [-0.1, -0.05) is 0 Å². The van der Waals surface area contributed by atoms with Crippen molar-refractivity contribution < 1.29 is 5.41 Å². The molecule has 0 aliphatic carbocycles. The van der Waals surface area contributed by atoms with Crippen molar-refractivity contribution in [1.82, 2.24) is 0 Å². The van der Waals surface area contributed by atoms with Gasteiger partial charge in [0.05, 0.1) is 11.9 Å². The number of hydrogen-bond acceptors (Lipinski definition) is 2. The van der Waals surface area contributed by atoms with E-state index in [1.54, 1.807) is 6.21 Å². The maximum Gasteiger partial charge on any atom is 0.226 e. The third-order valence-electron chi connectivity index (χ3n) is 0.302. The van der Waals surface area contributed by atoms with Crippen LogP contribution in [0.2, 0.25) is 0 Å². The lowest BCUT2D eigenvalue weighted by Crippen LogP contribution is -2.34. The average Bonchev–Trinajstić information content (AvgIpc) is 1.61. The van der Waals surface area contributed by atoms with Gasteiger partial charge in [0.25, 0.3) is 0 Å². The van der Waals surface area contributed by atoms with Gasteiger partial charge in [0.1, 0.15) is 0 Å². The molecule has 0 radical (unpaired) electrons. The quantitative estimate of drug-likeness (QED) is 0.291. The Hall–Kier alpha value is -0.310. The SMILES string of the molecule is CC=NSC(C)=[NH2+]. The topological polar surface area (TPSA) is 38.0 Å². The summed E-state index contributed by atoms with van der Waals surface area (Å²) >= 11 is 1.30. The summed E-state index contributed by atoms with van der Waals surface area (Å²) in [6.45, 7) is 3.67. The maximum absolute atomic E-state index is 5.24. The van der Waals surface area contributed by atoms with Crippen LogP contribution in [0.25, 0.3) is 0 Å². The van der Waals surface area contributed by atoms with Crippen LogP contribution in [0.3, 0.4) is 0 Å². The van der Waals surface area contributed by atoms with Crippen molar-refractivity contribution in [2.24, 2.45) is 4.40 Å². The monoisotopic (exact) mass is 117 g/mol. The lowest BCUT2D eigenvalue weighted by molar-refractivity contribution is -0.109. The van der Waals surface area contributed by atoms with Gasteiger partial charge in [-0.3, -0.25) is 5.41 Å². The van der Waals surface area contributed by atoms with Gasteiger partial charge in [0.15, 0.2) is 0 Å². The van der Waals surface area contributed by atoms with Crippen molar-refractivity contribution in [3.8, 4) is 0 Å². The van der Waals surface area contributed by atoms with E-state index in [0.29, 0.717) is 0 Å². The van der Waals surface area contributed by atoms with Crippen LogP contribution in [-0.2, 0) is 0 Å². The molecule has 0 fully saturated rings. The van der Waals surface area contributed by atoms with Crippen molar-refractivity contribution in [3.63, 3.8) is 0 Å². The van der Waals surface area contributed by atoms with E-state index in [0.717, 1.165) is 5.04 Å². The molecule has 0 spiro atoms. The fourth-order valence-corrected chi connectivity index (χ4v) is 0.408. The van der Waals surface area contributed by atoms with Crippen LogP contribution >= 0.6 is 11.9 Å². The smallest absolute Gasteiger partial charge is 0.226 e. The molecule has 0 aromatic carbocycles. The molecule has 0 aliphatic heterocycles. The van der Waals surface area contributed by atoms with E-state index in [1.807, 2.05) is 13.8 Å². The van der Waals surface area contributed by atoms with Crippen LogP contribution in [0.1, 0.15) is 13.8 Å². The molecule has 0 atom stereocenters. The van der Waals surface area contributed by atoms with Crippen molar-refractivity contribution in [2.45, 2.75) is 13.8 Å². The molecule has 0 aliphatic rings. The lowest BCUT2D eigenvalue weighted by atomic mass is 10.9. The minimum absolute atomic E-state index is 0.776. The largest absolute Gasteiger partial charge is 0.251 e. The predicted octanol–water partition coefficient (Wildman–Crippen LogP) is -0.0972. The molecule has 0 aromatic rings. The maximum atomic E-state index is 5.24. The van der Waals surface area contributed by atoms with E-state index in [-0.39, 0.29) is 0 Å². The van der Waals surface area contributed by atoms with Crippen molar-refractivity contribution in [3.05, 3.63) is 0 Å². The zero-order valence-corrected chi connectivity index (χ0v) is 5.33. The highest BCUT2D eigenvalue weighted by atomic mass is 32.2. The van der Waals surface area contributed by atoms with E-state index >= 15 is 0 Å². The fraction of sp³-hybridized carbons (Fsp3) is 0.500. The minimum Gasteiger partial charge on any atom is -0.251 e. The second kappa shape index (κ2) is 3.87. The van der Waals surface area contributed by atoms with Gasteiger partial charge in [-0.15, -0.1) is 0 Å². The zero-order chi connectivity index (χ0) is 5.70. The van der Waals surface area contributed by atoms with Crippen molar-refractivity contribution in [2.75, 3.05) is 0 Å². The molecule has 0 amide bonds. The molecule has 40 valence electrons. The second-order valence-electron chi connectivity index (χ2n) is 1.07. The lowest BCUT2D eigenvalue weighted by Gasteiger charge is -1.75. The first-order valence-corrected chi connectivity index (χ1v) is 2.78. The standard InChI is InChI=1S/C4H8N2S/c1-3-6-7-4(2)5/h3,5H,1-2H3/p+1. The summed E-state index contributed by atoms with van der Waals surface area (Å²) in [7, 11) is 0. The minimum atomic E-state index is 0.776. The molecule has 0 bridgehead atoms. The van der Waals surface area contributed by atoms with E-state index in [4.69, 9.17) is 5.41 Å². The zero-order valence-electron chi connectivity index (χ0n) is 4.51. The molecule has 0 unspecified atom stereocenters. The van der Waals surface area contributed by atoms with Crippen molar-refractivity contribution >= 4 is 23.2 Å². The molecule has 0 saturated heterocycles. The summed E-state index contributed by atoms with van der Waals surface area (Å²) in [6, 6.07) is 0. The normalized spacial score (nSPS) is 10.0. The molecule has 7 heavy (non-hydrogen) atoms. The van der Waals surface area contributed by atoms with Crippen LogP contribution < -0.4 is 5.41 Å². The summed E-state index contributed by atoms with van der Waals surface area (Å²) in [4.78, 5) is 0. The molecule has 3 heteroatoms. The Morgan fingerprint density at radius 1 is 1.86 bits per heavy atom. The Morgan fingerprint density at radius 2 is 2.43 bits per heavy atom. The van der Waals surface area contributed by atoms with Gasteiger partial charge in [0.2, 0.25) is 5.04 Å². The summed E-state index contributed by atoms with van der Waals surface area (Å²) in [6.07, 6.45) is 1.71. The number of nitrogens with zero attached hydrogens (tertiary/aromatic N) is 1. The Kier molecular flexibility index (Phi) is 3.69.